The number of hydrogen-bond acceptors (Lipinski definition) is 6. The number of allylic oxidation sites excluding steroid dienone is 1. The SMILES string of the molecule is Cc1sc(-c2ccc(Cl)cc2)nc1C1=C(OC(=O)N2CCOCC2)CC(C)(C)CC1O. The van der Waals surface area contributed by atoms with Crippen LogP contribution in [0.3, 0.4) is 0 Å². The molecule has 2 aliphatic rings. The highest BCUT2D eigenvalue weighted by molar-refractivity contribution is 7.15. The summed E-state index contributed by atoms with van der Waals surface area (Å²) < 4.78 is 11.2. The van der Waals surface area contributed by atoms with Crippen molar-refractivity contribution < 1.29 is 19.4 Å². The minimum Gasteiger partial charge on any atom is -0.414 e. The zero-order valence-corrected chi connectivity index (χ0v) is 19.6. The first-order valence-corrected chi connectivity index (χ1v) is 11.6. The monoisotopic (exact) mass is 462 g/mol. The summed E-state index contributed by atoms with van der Waals surface area (Å²) in [7, 11) is 0. The molecule has 1 aliphatic heterocycles. The molecule has 166 valence electrons. The molecular weight excluding hydrogens is 436 g/mol. The molecule has 8 heteroatoms. The van der Waals surface area contributed by atoms with Gasteiger partial charge in [-0.1, -0.05) is 37.6 Å². The lowest BCUT2D eigenvalue weighted by Gasteiger charge is -2.36. The molecule has 0 spiro atoms. The van der Waals surface area contributed by atoms with Crippen LogP contribution in [0.5, 0.6) is 0 Å². The van der Waals surface area contributed by atoms with Crippen LogP contribution in [0.4, 0.5) is 4.79 Å². The van der Waals surface area contributed by atoms with Crippen molar-refractivity contribution in [2.75, 3.05) is 26.3 Å². The van der Waals surface area contributed by atoms with E-state index in [-0.39, 0.29) is 5.41 Å². The second-order valence-corrected chi connectivity index (χ2v) is 10.4. The lowest BCUT2D eigenvalue weighted by atomic mass is 9.75. The summed E-state index contributed by atoms with van der Waals surface area (Å²) in [6.45, 7) is 8.14. The number of aliphatic hydroxyl groups is 1. The molecule has 1 amide bonds. The molecular formula is C23H27ClN2O4S. The van der Waals surface area contributed by atoms with Gasteiger partial charge in [0.05, 0.1) is 25.0 Å². The Morgan fingerprint density at radius 2 is 1.97 bits per heavy atom. The Bertz CT molecular complexity index is 994. The Morgan fingerprint density at radius 3 is 2.65 bits per heavy atom. The third-order valence-corrected chi connectivity index (χ3v) is 6.91. The normalized spacial score (nSPS) is 21.3. The van der Waals surface area contributed by atoms with Crippen LogP contribution in [0.15, 0.2) is 30.0 Å². The largest absolute Gasteiger partial charge is 0.415 e. The van der Waals surface area contributed by atoms with E-state index in [9.17, 15) is 9.90 Å². The van der Waals surface area contributed by atoms with E-state index in [1.807, 2.05) is 31.2 Å². The van der Waals surface area contributed by atoms with Gasteiger partial charge >= 0.3 is 6.09 Å². The van der Waals surface area contributed by atoms with Crippen molar-refractivity contribution in [1.82, 2.24) is 9.88 Å². The van der Waals surface area contributed by atoms with Gasteiger partial charge in [0.15, 0.2) is 0 Å². The first kappa shape index (κ1) is 22.3. The number of morpholine rings is 1. The second-order valence-electron chi connectivity index (χ2n) is 8.80. The van der Waals surface area contributed by atoms with Gasteiger partial charge in [0.2, 0.25) is 0 Å². The van der Waals surface area contributed by atoms with Gasteiger partial charge in [0.25, 0.3) is 0 Å². The molecule has 1 aliphatic carbocycles. The van der Waals surface area contributed by atoms with Crippen LogP contribution < -0.4 is 0 Å². The van der Waals surface area contributed by atoms with Crippen molar-refractivity contribution in [1.29, 1.82) is 0 Å². The van der Waals surface area contributed by atoms with Crippen LogP contribution in [-0.4, -0.2) is 53.5 Å². The summed E-state index contributed by atoms with van der Waals surface area (Å²) in [4.78, 5) is 20.3. The van der Waals surface area contributed by atoms with Crippen molar-refractivity contribution in [3.8, 4) is 10.6 Å². The van der Waals surface area contributed by atoms with E-state index in [1.165, 1.54) is 0 Å². The maximum absolute atomic E-state index is 12.8. The zero-order chi connectivity index (χ0) is 22.2. The predicted molar refractivity (Wildman–Crippen MR) is 122 cm³/mol. The highest BCUT2D eigenvalue weighted by Crippen LogP contribution is 2.45. The van der Waals surface area contributed by atoms with E-state index in [0.717, 1.165) is 15.4 Å². The van der Waals surface area contributed by atoms with Crippen LogP contribution >= 0.6 is 22.9 Å². The molecule has 2 heterocycles. The number of rotatable bonds is 3. The van der Waals surface area contributed by atoms with Crippen molar-refractivity contribution in [3.63, 3.8) is 0 Å². The van der Waals surface area contributed by atoms with Crippen LogP contribution in [0, 0.1) is 12.3 Å². The minimum atomic E-state index is -0.755. The summed E-state index contributed by atoms with van der Waals surface area (Å²) in [5.74, 6) is 0.510. The molecule has 31 heavy (non-hydrogen) atoms. The lowest BCUT2D eigenvalue weighted by Crippen LogP contribution is -2.41. The average molecular weight is 463 g/mol. The Labute approximate surface area is 191 Å². The Morgan fingerprint density at radius 1 is 1.29 bits per heavy atom. The second kappa shape index (κ2) is 8.90. The number of thiazole rings is 1. The number of halogens is 1. The number of ether oxygens (including phenoxy) is 2. The number of carbonyl (C=O) groups excluding carboxylic acids is 1. The fourth-order valence-electron chi connectivity index (χ4n) is 4.07. The highest BCUT2D eigenvalue weighted by Gasteiger charge is 2.38. The molecule has 0 saturated carbocycles. The van der Waals surface area contributed by atoms with Gasteiger partial charge in [-0.15, -0.1) is 11.3 Å². The number of aliphatic hydroxyl groups excluding tert-OH is 1. The fourth-order valence-corrected chi connectivity index (χ4v) is 5.13. The van der Waals surface area contributed by atoms with Gasteiger partial charge in [-0.2, -0.15) is 0 Å². The quantitative estimate of drug-likeness (QED) is 0.684. The summed E-state index contributed by atoms with van der Waals surface area (Å²) in [6, 6.07) is 7.53. The Balaban J connectivity index is 1.71. The van der Waals surface area contributed by atoms with Crippen LogP contribution in [0.1, 0.15) is 37.3 Å². The van der Waals surface area contributed by atoms with Crippen molar-refractivity contribution in [3.05, 3.63) is 45.6 Å². The van der Waals surface area contributed by atoms with Gasteiger partial charge in [-0.05, 0) is 30.9 Å². The number of carbonyl (C=O) groups is 1. The molecule has 1 fully saturated rings. The third kappa shape index (κ3) is 4.95. The van der Waals surface area contributed by atoms with Gasteiger partial charge in [-0.3, -0.25) is 0 Å². The van der Waals surface area contributed by atoms with E-state index in [4.69, 9.17) is 26.1 Å². The summed E-state index contributed by atoms with van der Waals surface area (Å²) >= 11 is 7.57. The summed E-state index contributed by atoms with van der Waals surface area (Å²) in [6.07, 6.45) is -0.0155. The van der Waals surface area contributed by atoms with E-state index < -0.39 is 12.2 Å². The molecule has 1 N–H and O–H groups in total. The molecule has 0 bridgehead atoms. The molecule has 6 nitrogen and oxygen atoms in total. The maximum Gasteiger partial charge on any atom is 0.415 e. The Hall–Kier alpha value is -1.93. The van der Waals surface area contributed by atoms with Gasteiger partial charge in [-0.25, -0.2) is 9.78 Å². The van der Waals surface area contributed by atoms with Crippen molar-refractivity contribution >= 4 is 34.6 Å². The zero-order valence-electron chi connectivity index (χ0n) is 18.0. The summed E-state index contributed by atoms with van der Waals surface area (Å²) in [5.41, 5.74) is 2.09. The van der Waals surface area contributed by atoms with Crippen LogP contribution in [0.2, 0.25) is 5.02 Å². The maximum atomic E-state index is 12.8. The number of aryl methyl sites for hydroxylation is 1. The van der Waals surface area contributed by atoms with E-state index in [1.54, 1.807) is 16.2 Å². The fraction of sp³-hybridized carbons (Fsp3) is 0.478. The minimum absolute atomic E-state index is 0.188. The molecule has 1 unspecified atom stereocenters. The standard InChI is InChI=1S/C23H27ClN2O4S/c1-14-20(25-21(31-14)15-4-6-16(24)7-5-15)19-17(27)12-23(2,3)13-18(19)30-22(28)26-8-10-29-11-9-26/h4-7,17,27H,8-13H2,1-3H3. The molecule has 2 aromatic rings. The molecule has 0 radical (unpaired) electrons. The number of nitrogens with zero attached hydrogens (tertiary/aromatic N) is 2. The van der Waals surface area contributed by atoms with Gasteiger partial charge in [0, 0.05) is 40.5 Å². The number of benzene rings is 1. The van der Waals surface area contributed by atoms with E-state index in [2.05, 4.69) is 13.8 Å². The third-order valence-electron chi connectivity index (χ3n) is 5.64. The van der Waals surface area contributed by atoms with Crippen LogP contribution in [-0.2, 0) is 9.47 Å². The number of aromatic nitrogens is 1. The highest BCUT2D eigenvalue weighted by atomic mass is 35.5. The first-order valence-electron chi connectivity index (χ1n) is 10.4. The topological polar surface area (TPSA) is 71.9 Å². The predicted octanol–water partition coefficient (Wildman–Crippen LogP) is 5.13. The van der Waals surface area contributed by atoms with E-state index in [0.29, 0.717) is 61.2 Å². The number of hydrogen-bond donors (Lipinski definition) is 1. The molecule has 1 aromatic heterocycles. The molecule has 4 rings (SSSR count). The average Bonchev–Trinajstić information content (AvgIpc) is 3.09. The Kier molecular flexibility index (Phi) is 6.40. The van der Waals surface area contributed by atoms with Gasteiger partial charge in [0.1, 0.15) is 10.8 Å². The van der Waals surface area contributed by atoms with Crippen molar-refractivity contribution in [2.24, 2.45) is 5.41 Å². The van der Waals surface area contributed by atoms with Crippen molar-refractivity contribution in [2.45, 2.75) is 39.7 Å². The smallest absolute Gasteiger partial charge is 0.414 e. The summed E-state index contributed by atoms with van der Waals surface area (Å²) in [5, 5.41) is 12.6. The van der Waals surface area contributed by atoms with E-state index >= 15 is 0 Å². The van der Waals surface area contributed by atoms with Gasteiger partial charge < -0.3 is 19.5 Å². The molecule has 1 saturated heterocycles. The lowest BCUT2D eigenvalue weighted by molar-refractivity contribution is 0.0310. The molecule has 1 atom stereocenters. The van der Waals surface area contributed by atoms with Crippen LogP contribution in [0.25, 0.3) is 16.1 Å². The number of amides is 1. The first-order chi connectivity index (χ1) is 14.7. The molecule has 1 aromatic carbocycles.